The standard InChI is InChI=1S/C6H11B2NO/c1-2-3-4-5(9-8)6(7)10/h5,9H,2-4H2,1H3. The Kier molecular flexibility index (Phi) is 5.40. The molecule has 1 N–H and O–H groups in total. The Hall–Kier alpha value is -0.240. The normalized spacial score (nSPS) is 12.9. The molecule has 0 aromatic carbocycles. The molecule has 52 valence electrons. The molecule has 0 aromatic rings. The van der Waals surface area contributed by atoms with Crippen molar-refractivity contribution in [3.05, 3.63) is 0 Å². The predicted molar refractivity (Wildman–Crippen MR) is 43.0 cm³/mol. The summed E-state index contributed by atoms with van der Waals surface area (Å²) in [6.45, 7) is 2.05. The molecule has 0 amide bonds. The minimum atomic E-state index is -0.379. The fourth-order valence-electron chi connectivity index (χ4n) is 0.716. The number of unbranched alkanes of at least 4 members (excludes halogenated alkanes) is 1. The van der Waals surface area contributed by atoms with E-state index in [1.54, 1.807) is 0 Å². The average Bonchev–Trinajstić information content (AvgIpc) is 1.89. The summed E-state index contributed by atoms with van der Waals surface area (Å²) < 4.78 is 0. The highest BCUT2D eigenvalue weighted by Crippen LogP contribution is 1.98. The van der Waals surface area contributed by atoms with Crippen LogP contribution in [0.5, 0.6) is 0 Å². The van der Waals surface area contributed by atoms with Crippen LogP contribution in [0.3, 0.4) is 0 Å². The van der Waals surface area contributed by atoms with Gasteiger partial charge in [0.05, 0.1) is 5.68 Å². The van der Waals surface area contributed by atoms with Crippen molar-refractivity contribution < 1.29 is 4.79 Å². The van der Waals surface area contributed by atoms with Gasteiger partial charge in [0, 0.05) is 6.04 Å². The molecule has 0 bridgehead atoms. The summed E-state index contributed by atoms with van der Waals surface area (Å²) in [4.78, 5) is 10.5. The van der Waals surface area contributed by atoms with Crippen molar-refractivity contribution in [1.82, 2.24) is 5.23 Å². The van der Waals surface area contributed by atoms with Gasteiger partial charge in [-0.05, 0) is 6.42 Å². The fraction of sp³-hybridized carbons (Fsp3) is 0.833. The molecule has 2 nitrogen and oxygen atoms in total. The Morgan fingerprint density at radius 3 is 2.60 bits per heavy atom. The van der Waals surface area contributed by atoms with E-state index in [-0.39, 0.29) is 11.7 Å². The molecule has 0 spiro atoms. The Labute approximate surface area is 64.6 Å². The number of rotatable bonds is 5. The Bertz CT molecular complexity index is 108. The van der Waals surface area contributed by atoms with Gasteiger partial charge in [-0.1, -0.05) is 19.8 Å². The zero-order valence-corrected chi connectivity index (χ0v) is 6.26. The van der Waals surface area contributed by atoms with Crippen molar-refractivity contribution >= 4 is 21.5 Å². The van der Waals surface area contributed by atoms with Gasteiger partial charge in [-0.3, -0.25) is 0 Å². The number of hydrogen-bond acceptors (Lipinski definition) is 2. The Balaban J connectivity index is 3.50. The van der Waals surface area contributed by atoms with Crippen LogP contribution in [0.1, 0.15) is 26.2 Å². The van der Waals surface area contributed by atoms with Crippen LogP contribution in [-0.2, 0) is 4.79 Å². The van der Waals surface area contributed by atoms with E-state index in [1.807, 2.05) is 0 Å². The minimum Gasteiger partial charge on any atom is -0.358 e. The Morgan fingerprint density at radius 2 is 2.30 bits per heavy atom. The molecular formula is C6H11B2NO. The summed E-state index contributed by atoms with van der Waals surface area (Å²) >= 11 is 0. The molecule has 0 aliphatic heterocycles. The molecule has 0 aliphatic carbocycles. The first-order valence-electron chi connectivity index (χ1n) is 3.47. The first-order valence-corrected chi connectivity index (χ1v) is 3.47. The smallest absolute Gasteiger partial charge is 0.178 e. The van der Waals surface area contributed by atoms with E-state index in [0.717, 1.165) is 19.3 Å². The van der Waals surface area contributed by atoms with E-state index in [4.69, 9.17) is 15.8 Å². The monoisotopic (exact) mass is 135 g/mol. The first kappa shape index (κ1) is 9.76. The molecule has 0 fully saturated rings. The molecule has 1 unspecified atom stereocenters. The average molecular weight is 135 g/mol. The zero-order chi connectivity index (χ0) is 7.98. The van der Waals surface area contributed by atoms with Crippen molar-refractivity contribution in [1.29, 1.82) is 0 Å². The summed E-state index contributed by atoms with van der Waals surface area (Å²) in [6.07, 6.45) is 2.74. The second-order valence-corrected chi connectivity index (χ2v) is 2.26. The minimum absolute atomic E-state index is 0.361. The van der Waals surface area contributed by atoms with E-state index in [2.05, 4.69) is 12.2 Å². The Morgan fingerprint density at radius 1 is 1.70 bits per heavy atom. The lowest BCUT2D eigenvalue weighted by Crippen LogP contribution is -2.34. The predicted octanol–water partition coefficient (Wildman–Crippen LogP) is -0.0866. The molecule has 0 saturated carbocycles. The van der Waals surface area contributed by atoms with Crippen LogP contribution in [0.4, 0.5) is 0 Å². The molecule has 0 heterocycles. The van der Waals surface area contributed by atoms with Gasteiger partial charge >= 0.3 is 0 Å². The third-order valence-corrected chi connectivity index (χ3v) is 1.39. The van der Waals surface area contributed by atoms with Crippen molar-refractivity contribution in [3.63, 3.8) is 0 Å². The van der Waals surface area contributed by atoms with Crippen molar-refractivity contribution in [2.24, 2.45) is 0 Å². The summed E-state index contributed by atoms with van der Waals surface area (Å²) in [7, 11) is 10.1. The number of nitrogens with one attached hydrogen (secondary N) is 1. The maximum atomic E-state index is 10.5. The van der Waals surface area contributed by atoms with E-state index >= 15 is 0 Å². The topological polar surface area (TPSA) is 29.1 Å². The third-order valence-electron chi connectivity index (χ3n) is 1.39. The fourth-order valence-corrected chi connectivity index (χ4v) is 0.716. The highest BCUT2D eigenvalue weighted by Gasteiger charge is 2.07. The van der Waals surface area contributed by atoms with Gasteiger partial charge in [0.15, 0.2) is 15.8 Å². The van der Waals surface area contributed by atoms with Crippen LogP contribution < -0.4 is 5.23 Å². The van der Waals surface area contributed by atoms with Gasteiger partial charge < -0.3 is 10.0 Å². The van der Waals surface area contributed by atoms with Crippen LogP contribution in [0.2, 0.25) is 0 Å². The highest BCUT2D eigenvalue weighted by atomic mass is 16.1. The second-order valence-electron chi connectivity index (χ2n) is 2.26. The van der Waals surface area contributed by atoms with Crippen LogP contribution in [0.15, 0.2) is 0 Å². The molecule has 0 aliphatic rings. The molecular weight excluding hydrogens is 124 g/mol. The van der Waals surface area contributed by atoms with E-state index in [0.29, 0.717) is 0 Å². The highest BCUT2D eigenvalue weighted by molar-refractivity contribution is 6.59. The van der Waals surface area contributed by atoms with Gasteiger partial charge in [-0.2, -0.15) is 0 Å². The van der Waals surface area contributed by atoms with Crippen molar-refractivity contribution in [2.45, 2.75) is 32.2 Å². The lowest BCUT2D eigenvalue weighted by atomic mass is 9.90. The quantitative estimate of drug-likeness (QED) is 0.533. The first-order chi connectivity index (χ1) is 4.72. The van der Waals surface area contributed by atoms with Crippen molar-refractivity contribution in [2.75, 3.05) is 0 Å². The van der Waals surface area contributed by atoms with Gasteiger partial charge in [-0.15, -0.1) is 0 Å². The lowest BCUT2D eigenvalue weighted by Gasteiger charge is -2.11. The van der Waals surface area contributed by atoms with Crippen LogP contribution >= 0.6 is 0 Å². The SMILES string of the molecule is [B]NC(CCCC)C([B])=O. The number of carbonyl (C=O) groups is 1. The van der Waals surface area contributed by atoms with Crippen LogP contribution in [-0.4, -0.2) is 27.6 Å². The second kappa shape index (κ2) is 5.54. The number of carbonyl (C=O) groups excluding carboxylic acids is 1. The van der Waals surface area contributed by atoms with Gasteiger partial charge in [0.25, 0.3) is 0 Å². The molecule has 0 saturated heterocycles. The van der Waals surface area contributed by atoms with E-state index < -0.39 is 0 Å². The summed E-state index contributed by atoms with van der Waals surface area (Å²) in [5, 5.41) is 2.36. The maximum Gasteiger partial charge on any atom is 0.178 e. The molecule has 1 atom stereocenters. The zero-order valence-electron chi connectivity index (χ0n) is 6.26. The van der Waals surface area contributed by atoms with E-state index in [9.17, 15) is 4.79 Å². The summed E-state index contributed by atoms with van der Waals surface area (Å²) in [6, 6.07) is -0.361. The van der Waals surface area contributed by atoms with Gasteiger partial charge in [0.2, 0.25) is 0 Å². The maximum absolute atomic E-state index is 10.5. The molecule has 10 heavy (non-hydrogen) atoms. The van der Waals surface area contributed by atoms with Crippen LogP contribution in [0, 0.1) is 0 Å². The largest absolute Gasteiger partial charge is 0.358 e. The molecule has 4 radical (unpaired) electrons. The molecule has 0 rings (SSSR count). The lowest BCUT2D eigenvalue weighted by molar-refractivity contribution is -0.113. The summed E-state index contributed by atoms with van der Waals surface area (Å²) in [5.74, 6) is 0. The molecule has 0 aromatic heterocycles. The molecule has 4 heteroatoms. The van der Waals surface area contributed by atoms with Crippen LogP contribution in [0.25, 0.3) is 0 Å². The van der Waals surface area contributed by atoms with Crippen molar-refractivity contribution in [3.8, 4) is 0 Å². The number of hydrogen-bond donors (Lipinski definition) is 1. The van der Waals surface area contributed by atoms with Gasteiger partial charge in [-0.25, -0.2) is 0 Å². The summed E-state index contributed by atoms with van der Waals surface area (Å²) in [5.41, 5.74) is -0.379. The van der Waals surface area contributed by atoms with Gasteiger partial charge in [0.1, 0.15) is 0 Å². The third kappa shape index (κ3) is 3.72. The van der Waals surface area contributed by atoms with E-state index in [1.165, 1.54) is 0 Å².